The summed E-state index contributed by atoms with van der Waals surface area (Å²) in [6.45, 7) is 17.5. The molecule has 48 heavy (non-hydrogen) atoms. The predicted molar refractivity (Wildman–Crippen MR) is 198 cm³/mol. The highest BCUT2D eigenvalue weighted by molar-refractivity contribution is 6.04. The van der Waals surface area contributed by atoms with E-state index in [1.54, 1.807) is 0 Å². The van der Waals surface area contributed by atoms with Crippen LogP contribution in [0.4, 0.5) is 0 Å². The van der Waals surface area contributed by atoms with E-state index in [1.807, 2.05) is 72.8 Å². The number of ether oxygens (including phenoxy) is 4. The SMILES string of the molecule is C=CCCCOc1cccc(OCCCC=C)c1-c1ccc2ccc3ccc(-c4c(OCCC=C)cccc4OCCC=C)nc3c2n1. The summed E-state index contributed by atoms with van der Waals surface area (Å²) in [5, 5.41) is 1.96. The molecule has 3 aromatic carbocycles. The van der Waals surface area contributed by atoms with Gasteiger partial charge in [-0.05, 0) is 74.9 Å². The molecule has 2 heterocycles. The van der Waals surface area contributed by atoms with Crippen LogP contribution in [0.3, 0.4) is 0 Å². The lowest BCUT2D eigenvalue weighted by Gasteiger charge is -2.17. The molecule has 0 unspecified atom stereocenters. The Balaban J connectivity index is 1.63. The van der Waals surface area contributed by atoms with Gasteiger partial charge >= 0.3 is 0 Å². The summed E-state index contributed by atoms with van der Waals surface area (Å²) in [5.74, 6) is 2.87. The van der Waals surface area contributed by atoms with Gasteiger partial charge in [0.15, 0.2) is 0 Å². The molecule has 0 aliphatic carbocycles. The van der Waals surface area contributed by atoms with E-state index in [0.29, 0.717) is 37.9 Å². The standard InChI is InChI=1S/C42H44N2O4/c1-5-9-13-29-47-37-19-16-20-38(48-30-14-10-6-2)40(37)34-26-24-32-22-21-31-23-25-33(43-41(31)42(32)44-34)39-35(45-27-11-7-3)17-15-18-36(39)46-28-12-8-4/h5-8,15-26H,1-4,9-14,27-30H2. The van der Waals surface area contributed by atoms with Crippen molar-refractivity contribution in [2.24, 2.45) is 0 Å². The van der Waals surface area contributed by atoms with Crippen molar-refractivity contribution in [1.82, 2.24) is 9.97 Å². The number of nitrogens with zero attached hydrogens (tertiary/aromatic N) is 2. The van der Waals surface area contributed by atoms with Crippen LogP contribution < -0.4 is 18.9 Å². The molecule has 246 valence electrons. The largest absolute Gasteiger partial charge is 0.493 e. The zero-order chi connectivity index (χ0) is 33.6. The van der Waals surface area contributed by atoms with E-state index >= 15 is 0 Å². The monoisotopic (exact) mass is 640 g/mol. The second kappa shape index (κ2) is 17.5. The van der Waals surface area contributed by atoms with Crippen LogP contribution in [0.2, 0.25) is 0 Å². The summed E-state index contributed by atoms with van der Waals surface area (Å²) in [7, 11) is 0. The molecule has 6 nitrogen and oxygen atoms in total. The van der Waals surface area contributed by atoms with E-state index in [-0.39, 0.29) is 0 Å². The van der Waals surface area contributed by atoms with Gasteiger partial charge < -0.3 is 18.9 Å². The Hall–Kier alpha value is -5.36. The molecule has 0 bridgehead atoms. The minimum Gasteiger partial charge on any atom is -0.493 e. The van der Waals surface area contributed by atoms with Crippen molar-refractivity contribution in [3.8, 4) is 45.5 Å². The van der Waals surface area contributed by atoms with E-state index in [2.05, 4.69) is 50.6 Å². The third kappa shape index (κ3) is 8.31. The maximum absolute atomic E-state index is 6.31. The fraction of sp³-hybridized carbons (Fsp3) is 0.238. The molecule has 5 aromatic rings. The number of aromatic nitrogens is 2. The molecule has 0 spiro atoms. The van der Waals surface area contributed by atoms with Gasteiger partial charge in [-0.25, -0.2) is 9.97 Å². The summed E-state index contributed by atoms with van der Waals surface area (Å²) in [5.41, 5.74) is 4.68. The summed E-state index contributed by atoms with van der Waals surface area (Å²) in [4.78, 5) is 10.5. The number of hydrogen-bond acceptors (Lipinski definition) is 6. The third-order valence-corrected chi connectivity index (χ3v) is 7.79. The fourth-order valence-electron chi connectivity index (χ4n) is 5.38. The Labute approximate surface area is 284 Å². The summed E-state index contributed by atoms with van der Waals surface area (Å²) >= 11 is 0. The molecule has 0 aliphatic heterocycles. The number of allylic oxidation sites excluding steroid dienone is 2. The summed E-state index contributed by atoms with van der Waals surface area (Å²) in [6.07, 6.45) is 12.4. The highest BCUT2D eigenvalue weighted by atomic mass is 16.5. The highest BCUT2D eigenvalue weighted by Crippen LogP contribution is 2.41. The first-order chi connectivity index (χ1) is 23.7. The maximum atomic E-state index is 6.31. The number of rotatable bonds is 20. The Morgan fingerprint density at radius 1 is 0.438 bits per heavy atom. The van der Waals surface area contributed by atoms with E-state index in [0.717, 1.165) is 94.3 Å². The minimum absolute atomic E-state index is 0.501. The lowest BCUT2D eigenvalue weighted by atomic mass is 10.0. The Morgan fingerprint density at radius 2 is 0.792 bits per heavy atom. The molecule has 2 aromatic heterocycles. The molecular formula is C42H44N2O4. The van der Waals surface area contributed by atoms with E-state index < -0.39 is 0 Å². The van der Waals surface area contributed by atoms with Crippen molar-refractivity contribution in [2.75, 3.05) is 26.4 Å². The smallest absolute Gasteiger partial charge is 0.132 e. The van der Waals surface area contributed by atoms with Crippen LogP contribution >= 0.6 is 0 Å². The molecule has 0 saturated heterocycles. The number of benzene rings is 3. The molecule has 0 amide bonds. The van der Waals surface area contributed by atoms with Gasteiger partial charge in [0.1, 0.15) is 23.0 Å². The Kier molecular flexibility index (Phi) is 12.4. The van der Waals surface area contributed by atoms with Gasteiger partial charge in [0.05, 0.1) is 60.0 Å². The lowest BCUT2D eigenvalue weighted by molar-refractivity contribution is 0.299. The third-order valence-electron chi connectivity index (χ3n) is 7.79. The van der Waals surface area contributed by atoms with Gasteiger partial charge in [-0.1, -0.05) is 60.7 Å². The van der Waals surface area contributed by atoms with Crippen molar-refractivity contribution in [2.45, 2.75) is 38.5 Å². The van der Waals surface area contributed by atoms with Crippen LogP contribution in [0.15, 0.2) is 123 Å². The first-order valence-electron chi connectivity index (χ1n) is 16.6. The number of fused-ring (bicyclic) bond motifs is 3. The highest BCUT2D eigenvalue weighted by Gasteiger charge is 2.19. The molecule has 0 saturated carbocycles. The first-order valence-corrected chi connectivity index (χ1v) is 16.6. The van der Waals surface area contributed by atoms with Gasteiger partial charge in [0.25, 0.3) is 0 Å². The van der Waals surface area contributed by atoms with Crippen LogP contribution in [-0.2, 0) is 0 Å². The van der Waals surface area contributed by atoms with Crippen LogP contribution in [0, 0.1) is 0 Å². The van der Waals surface area contributed by atoms with Gasteiger partial charge in [-0.2, -0.15) is 0 Å². The molecule has 0 aliphatic rings. The second-order valence-electron chi connectivity index (χ2n) is 11.3. The molecule has 5 rings (SSSR count). The Morgan fingerprint density at radius 3 is 1.17 bits per heavy atom. The van der Waals surface area contributed by atoms with Crippen LogP contribution in [0.5, 0.6) is 23.0 Å². The van der Waals surface area contributed by atoms with Crippen molar-refractivity contribution >= 4 is 21.8 Å². The second-order valence-corrected chi connectivity index (χ2v) is 11.3. The van der Waals surface area contributed by atoms with Crippen LogP contribution in [0.25, 0.3) is 44.3 Å². The molecule has 0 fully saturated rings. The van der Waals surface area contributed by atoms with Gasteiger partial charge in [0.2, 0.25) is 0 Å². The number of pyridine rings is 2. The van der Waals surface area contributed by atoms with Crippen molar-refractivity contribution in [3.63, 3.8) is 0 Å². The molecule has 0 radical (unpaired) electrons. The number of unbranched alkanes of at least 4 members (excludes halogenated alkanes) is 2. The average molecular weight is 641 g/mol. The lowest BCUT2D eigenvalue weighted by Crippen LogP contribution is -2.03. The molecule has 0 N–H and O–H groups in total. The van der Waals surface area contributed by atoms with Gasteiger partial charge in [-0.15, -0.1) is 26.3 Å². The van der Waals surface area contributed by atoms with Crippen molar-refractivity contribution in [1.29, 1.82) is 0 Å². The summed E-state index contributed by atoms with van der Waals surface area (Å²) < 4.78 is 25.0. The normalized spacial score (nSPS) is 10.8. The quantitative estimate of drug-likeness (QED) is 0.0479. The van der Waals surface area contributed by atoms with E-state index in [9.17, 15) is 0 Å². The van der Waals surface area contributed by atoms with E-state index in [1.165, 1.54) is 0 Å². The first kappa shape index (κ1) is 34.0. The van der Waals surface area contributed by atoms with Crippen LogP contribution in [0.1, 0.15) is 38.5 Å². The Bertz CT molecular complexity index is 1810. The zero-order valence-corrected chi connectivity index (χ0v) is 27.7. The predicted octanol–water partition coefficient (Wildman–Crippen LogP) is 10.7. The minimum atomic E-state index is 0.501. The summed E-state index contributed by atoms with van der Waals surface area (Å²) in [6, 6.07) is 24.1. The van der Waals surface area contributed by atoms with Gasteiger partial charge in [-0.3, -0.25) is 0 Å². The van der Waals surface area contributed by atoms with Crippen molar-refractivity contribution in [3.05, 3.63) is 123 Å². The van der Waals surface area contributed by atoms with E-state index in [4.69, 9.17) is 28.9 Å². The fourth-order valence-corrected chi connectivity index (χ4v) is 5.38. The van der Waals surface area contributed by atoms with Crippen LogP contribution in [-0.4, -0.2) is 36.4 Å². The van der Waals surface area contributed by atoms with Crippen molar-refractivity contribution < 1.29 is 18.9 Å². The van der Waals surface area contributed by atoms with Gasteiger partial charge in [0, 0.05) is 10.8 Å². The molecule has 0 atom stereocenters. The topological polar surface area (TPSA) is 62.7 Å². The maximum Gasteiger partial charge on any atom is 0.132 e. The number of hydrogen-bond donors (Lipinski definition) is 0. The molecule has 6 heteroatoms. The average Bonchev–Trinajstić information content (AvgIpc) is 3.12. The molecular weight excluding hydrogens is 596 g/mol. The zero-order valence-electron chi connectivity index (χ0n) is 27.7.